The van der Waals surface area contributed by atoms with Crippen LogP contribution in [0.25, 0.3) is 0 Å². The number of imidazole rings is 1. The first-order valence-corrected chi connectivity index (χ1v) is 5.27. The molecule has 0 atom stereocenters. The molecule has 2 rings (SSSR count). The van der Waals surface area contributed by atoms with Crippen molar-refractivity contribution in [1.29, 1.82) is 0 Å². The monoisotopic (exact) mass is 193 g/mol. The van der Waals surface area contributed by atoms with Gasteiger partial charge in [-0.15, -0.1) is 0 Å². The van der Waals surface area contributed by atoms with Crippen molar-refractivity contribution in [2.24, 2.45) is 0 Å². The fraction of sp³-hybridized carbons (Fsp3) is 0.727. The smallest absolute Gasteiger partial charge is 0.114 e. The molecule has 14 heavy (non-hydrogen) atoms. The minimum Gasteiger partial charge on any atom is -0.329 e. The van der Waals surface area contributed by atoms with Gasteiger partial charge in [0.1, 0.15) is 5.82 Å². The number of hydrogen-bond donors (Lipinski definition) is 1. The van der Waals surface area contributed by atoms with Crippen LogP contribution in [-0.2, 0) is 18.5 Å². The van der Waals surface area contributed by atoms with Crippen molar-refractivity contribution >= 4 is 0 Å². The van der Waals surface area contributed by atoms with Crippen molar-refractivity contribution in [1.82, 2.24) is 14.9 Å². The summed E-state index contributed by atoms with van der Waals surface area (Å²) in [6, 6.07) is 0. The van der Waals surface area contributed by atoms with Crippen molar-refractivity contribution in [3.8, 4) is 0 Å². The molecule has 0 bridgehead atoms. The number of fused-ring (bicyclic) bond motifs is 1. The van der Waals surface area contributed by atoms with Gasteiger partial charge < -0.3 is 9.88 Å². The summed E-state index contributed by atoms with van der Waals surface area (Å²) in [6.07, 6.45) is 0. The lowest BCUT2D eigenvalue weighted by Crippen LogP contribution is -2.31. The highest BCUT2D eigenvalue weighted by Crippen LogP contribution is 2.25. The third kappa shape index (κ3) is 1.46. The van der Waals surface area contributed by atoms with Gasteiger partial charge in [0.15, 0.2) is 0 Å². The van der Waals surface area contributed by atoms with Crippen LogP contribution in [0.3, 0.4) is 0 Å². The fourth-order valence-corrected chi connectivity index (χ4v) is 2.04. The summed E-state index contributed by atoms with van der Waals surface area (Å²) in [6.45, 7) is 11.9. The highest BCUT2D eigenvalue weighted by atomic mass is 15.2. The molecular weight excluding hydrogens is 174 g/mol. The number of nitrogens with zero attached hydrogens (tertiary/aromatic N) is 2. The second-order valence-corrected chi connectivity index (χ2v) is 5.05. The Balaban J connectivity index is 2.52. The molecule has 0 amide bonds. The van der Waals surface area contributed by atoms with Crippen LogP contribution < -0.4 is 5.32 Å². The average Bonchev–Trinajstić information content (AvgIpc) is 2.44. The van der Waals surface area contributed by atoms with E-state index in [0.29, 0.717) is 0 Å². The molecule has 3 heteroatoms. The Morgan fingerprint density at radius 1 is 1.36 bits per heavy atom. The zero-order valence-corrected chi connectivity index (χ0v) is 9.52. The van der Waals surface area contributed by atoms with Crippen LogP contribution in [0.4, 0.5) is 0 Å². The van der Waals surface area contributed by atoms with Crippen LogP contribution in [0, 0.1) is 6.92 Å². The molecule has 0 saturated carbocycles. The van der Waals surface area contributed by atoms with Crippen LogP contribution in [-0.4, -0.2) is 16.1 Å². The molecule has 0 radical (unpaired) electrons. The van der Waals surface area contributed by atoms with E-state index in [9.17, 15) is 0 Å². The Kier molecular flexibility index (Phi) is 2.14. The molecule has 0 aromatic carbocycles. The molecule has 0 saturated heterocycles. The Bertz CT molecular complexity index is 344. The zero-order valence-electron chi connectivity index (χ0n) is 9.52. The zero-order chi connectivity index (χ0) is 10.3. The Hall–Kier alpha value is -0.830. The lowest BCUT2D eigenvalue weighted by Gasteiger charge is -2.24. The maximum atomic E-state index is 4.69. The lowest BCUT2D eigenvalue weighted by molar-refractivity contribution is 0.448. The van der Waals surface area contributed by atoms with Gasteiger partial charge in [0.2, 0.25) is 0 Å². The summed E-state index contributed by atoms with van der Waals surface area (Å²) in [5.74, 6) is 1.23. The van der Waals surface area contributed by atoms with Crippen molar-refractivity contribution < 1.29 is 0 Å². The van der Waals surface area contributed by atoms with Gasteiger partial charge in [-0.05, 0) is 6.92 Å². The van der Waals surface area contributed by atoms with E-state index < -0.39 is 0 Å². The highest BCUT2D eigenvalue weighted by Gasteiger charge is 2.25. The van der Waals surface area contributed by atoms with Crippen LogP contribution in [0.1, 0.15) is 38.0 Å². The lowest BCUT2D eigenvalue weighted by atomic mass is 9.95. The quantitative estimate of drug-likeness (QED) is 0.678. The Morgan fingerprint density at radius 3 is 2.71 bits per heavy atom. The molecule has 78 valence electrons. The van der Waals surface area contributed by atoms with Gasteiger partial charge in [0, 0.05) is 25.0 Å². The van der Waals surface area contributed by atoms with Gasteiger partial charge in [0.05, 0.1) is 11.4 Å². The topological polar surface area (TPSA) is 29.9 Å². The molecule has 1 aromatic rings. The molecule has 0 fully saturated rings. The van der Waals surface area contributed by atoms with E-state index in [1.807, 2.05) is 0 Å². The van der Waals surface area contributed by atoms with Crippen LogP contribution >= 0.6 is 0 Å². The molecule has 3 nitrogen and oxygen atoms in total. The first kappa shape index (κ1) is 9.71. The van der Waals surface area contributed by atoms with Gasteiger partial charge in [-0.25, -0.2) is 4.98 Å². The van der Waals surface area contributed by atoms with E-state index in [-0.39, 0.29) is 5.41 Å². The molecule has 0 aliphatic carbocycles. The predicted molar refractivity (Wildman–Crippen MR) is 57.4 cm³/mol. The first-order chi connectivity index (χ1) is 6.50. The standard InChI is InChI=1S/C11H19N3/c1-8-9-7-12-5-6-14(9)10(13-8)11(2,3)4/h12H,5-7H2,1-4H3. The van der Waals surface area contributed by atoms with E-state index in [4.69, 9.17) is 0 Å². The number of aromatic nitrogens is 2. The molecule has 1 aromatic heterocycles. The summed E-state index contributed by atoms with van der Waals surface area (Å²) in [5, 5.41) is 3.39. The third-order valence-electron chi connectivity index (χ3n) is 2.75. The fourth-order valence-electron chi connectivity index (χ4n) is 2.04. The summed E-state index contributed by atoms with van der Waals surface area (Å²) >= 11 is 0. The highest BCUT2D eigenvalue weighted by molar-refractivity contribution is 5.21. The van der Waals surface area contributed by atoms with Crippen molar-refractivity contribution in [3.05, 3.63) is 17.2 Å². The van der Waals surface area contributed by atoms with Crippen molar-refractivity contribution in [2.75, 3.05) is 6.54 Å². The maximum Gasteiger partial charge on any atom is 0.114 e. The van der Waals surface area contributed by atoms with Crippen LogP contribution in [0.2, 0.25) is 0 Å². The van der Waals surface area contributed by atoms with E-state index in [1.54, 1.807) is 0 Å². The second kappa shape index (κ2) is 3.09. The van der Waals surface area contributed by atoms with E-state index in [2.05, 4.69) is 42.6 Å². The van der Waals surface area contributed by atoms with E-state index in [1.165, 1.54) is 17.2 Å². The normalized spacial score (nSPS) is 16.9. The van der Waals surface area contributed by atoms with Gasteiger partial charge in [-0.2, -0.15) is 0 Å². The molecule has 2 heterocycles. The number of nitrogens with one attached hydrogen (secondary N) is 1. The SMILES string of the molecule is Cc1nc(C(C)(C)C)n2c1CNCC2. The maximum absolute atomic E-state index is 4.69. The second-order valence-electron chi connectivity index (χ2n) is 5.05. The van der Waals surface area contributed by atoms with Gasteiger partial charge in [0.25, 0.3) is 0 Å². The minimum absolute atomic E-state index is 0.153. The molecule has 1 N–H and O–H groups in total. The molecule has 1 aliphatic heterocycles. The average molecular weight is 193 g/mol. The molecular formula is C11H19N3. The summed E-state index contributed by atoms with van der Waals surface area (Å²) in [4.78, 5) is 4.69. The summed E-state index contributed by atoms with van der Waals surface area (Å²) in [5.41, 5.74) is 2.70. The van der Waals surface area contributed by atoms with Gasteiger partial charge in [-0.1, -0.05) is 20.8 Å². The van der Waals surface area contributed by atoms with Crippen molar-refractivity contribution in [2.45, 2.75) is 46.2 Å². The summed E-state index contributed by atoms with van der Waals surface area (Å²) in [7, 11) is 0. The molecule has 1 aliphatic rings. The van der Waals surface area contributed by atoms with Crippen LogP contribution in [0.15, 0.2) is 0 Å². The number of hydrogen-bond acceptors (Lipinski definition) is 2. The number of rotatable bonds is 0. The predicted octanol–water partition coefficient (Wildman–Crippen LogP) is 1.59. The Morgan fingerprint density at radius 2 is 2.07 bits per heavy atom. The first-order valence-electron chi connectivity index (χ1n) is 5.27. The number of aryl methyl sites for hydroxylation is 1. The summed E-state index contributed by atoms with van der Waals surface area (Å²) < 4.78 is 2.38. The Labute approximate surface area is 85.5 Å². The van der Waals surface area contributed by atoms with E-state index >= 15 is 0 Å². The van der Waals surface area contributed by atoms with Gasteiger partial charge >= 0.3 is 0 Å². The third-order valence-corrected chi connectivity index (χ3v) is 2.75. The molecule has 0 unspecified atom stereocenters. The van der Waals surface area contributed by atoms with Crippen LogP contribution in [0.5, 0.6) is 0 Å². The van der Waals surface area contributed by atoms with Crippen molar-refractivity contribution in [3.63, 3.8) is 0 Å². The van der Waals surface area contributed by atoms with Gasteiger partial charge in [-0.3, -0.25) is 0 Å². The minimum atomic E-state index is 0.153. The van der Waals surface area contributed by atoms with E-state index in [0.717, 1.165) is 19.6 Å². The largest absolute Gasteiger partial charge is 0.329 e. The molecule has 0 spiro atoms.